The molecule has 3 heteroatoms. The van der Waals surface area contributed by atoms with Gasteiger partial charge in [-0.2, -0.15) is 0 Å². The van der Waals surface area contributed by atoms with Crippen LogP contribution >= 0.6 is 11.6 Å². The van der Waals surface area contributed by atoms with Crippen molar-refractivity contribution in [3.8, 4) is 0 Å². The van der Waals surface area contributed by atoms with Crippen LogP contribution in [0, 0.1) is 6.92 Å². The minimum atomic E-state index is -0.0181. The lowest BCUT2D eigenvalue weighted by Crippen LogP contribution is -2.26. The highest BCUT2D eigenvalue weighted by Gasteiger charge is 2.14. The Morgan fingerprint density at radius 3 is 2.32 bits per heavy atom. The van der Waals surface area contributed by atoms with Gasteiger partial charge in [-0.1, -0.05) is 30.3 Å². The third-order valence-electron chi connectivity index (χ3n) is 3.14. The molecule has 0 aliphatic carbocycles. The number of carbonyl (C=O) groups is 1. The van der Waals surface area contributed by atoms with E-state index in [-0.39, 0.29) is 5.91 Å². The zero-order chi connectivity index (χ0) is 13.8. The van der Waals surface area contributed by atoms with Gasteiger partial charge in [0.25, 0.3) is 5.91 Å². The highest BCUT2D eigenvalue weighted by molar-refractivity contribution is 6.17. The van der Waals surface area contributed by atoms with E-state index in [1.165, 1.54) is 0 Å². The third-order valence-corrected chi connectivity index (χ3v) is 3.45. The Morgan fingerprint density at radius 2 is 1.74 bits per heavy atom. The second-order valence-corrected chi connectivity index (χ2v) is 4.75. The molecule has 0 N–H and O–H groups in total. The van der Waals surface area contributed by atoms with Gasteiger partial charge in [-0.05, 0) is 36.2 Å². The molecule has 2 nitrogen and oxygen atoms in total. The summed E-state index contributed by atoms with van der Waals surface area (Å²) < 4.78 is 0. The minimum Gasteiger partial charge on any atom is -0.311 e. The van der Waals surface area contributed by atoms with E-state index in [2.05, 4.69) is 0 Å². The molecule has 0 aliphatic heterocycles. The van der Waals surface area contributed by atoms with Crippen LogP contribution in [0.5, 0.6) is 0 Å². The van der Waals surface area contributed by atoms with Gasteiger partial charge in [0, 0.05) is 24.2 Å². The Balaban J connectivity index is 2.26. The molecule has 0 radical (unpaired) electrons. The lowest BCUT2D eigenvalue weighted by molar-refractivity contribution is 0.0993. The van der Waals surface area contributed by atoms with Crippen LogP contribution in [0.4, 0.5) is 5.69 Å². The van der Waals surface area contributed by atoms with Crippen molar-refractivity contribution >= 4 is 23.2 Å². The van der Waals surface area contributed by atoms with Crippen LogP contribution in [-0.4, -0.2) is 13.0 Å². The molecular weight excluding hydrogens is 258 g/mol. The molecule has 1 amide bonds. The van der Waals surface area contributed by atoms with E-state index in [1.54, 1.807) is 11.9 Å². The topological polar surface area (TPSA) is 20.3 Å². The van der Waals surface area contributed by atoms with Crippen molar-refractivity contribution in [1.82, 2.24) is 0 Å². The molecular formula is C16H16ClNO. The Labute approximate surface area is 118 Å². The first-order valence-electron chi connectivity index (χ1n) is 6.12. The minimum absolute atomic E-state index is 0.0181. The molecule has 0 saturated carbocycles. The molecule has 0 heterocycles. The summed E-state index contributed by atoms with van der Waals surface area (Å²) in [5.41, 5.74) is 3.68. The summed E-state index contributed by atoms with van der Waals surface area (Å²) in [6.07, 6.45) is 0. The molecule has 0 aliphatic rings. The predicted octanol–water partition coefficient (Wildman–Crippen LogP) is 4.01. The zero-order valence-corrected chi connectivity index (χ0v) is 11.8. The van der Waals surface area contributed by atoms with Crippen LogP contribution in [0.3, 0.4) is 0 Å². The number of para-hydroxylation sites is 1. The molecule has 19 heavy (non-hydrogen) atoms. The molecule has 0 unspecified atom stereocenters. The quantitative estimate of drug-likeness (QED) is 0.774. The summed E-state index contributed by atoms with van der Waals surface area (Å²) in [5, 5.41) is 0. The second kappa shape index (κ2) is 5.89. The van der Waals surface area contributed by atoms with E-state index in [4.69, 9.17) is 11.6 Å². The molecule has 0 aromatic heterocycles. The van der Waals surface area contributed by atoms with Gasteiger partial charge in [-0.15, -0.1) is 11.6 Å². The van der Waals surface area contributed by atoms with E-state index in [0.717, 1.165) is 16.8 Å². The lowest BCUT2D eigenvalue weighted by atomic mass is 10.1. The van der Waals surface area contributed by atoms with E-state index < -0.39 is 0 Å². The number of aryl methyl sites for hydroxylation is 1. The first-order chi connectivity index (χ1) is 9.13. The van der Waals surface area contributed by atoms with Gasteiger partial charge in [-0.3, -0.25) is 4.79 Å². The number of carbonyl (C=O) groups excluding carboxylic acids is 1. The highest BCUT2D eigenvalue weighted by Crippen LogP contribution is 2.20. The van der Waals surface area contributed by atoms with Crippen molar-refractivity contribution in [1.29, 1.82) is 0 Å². The van der Waals surface area contributed by atoms with Gasteiger partial charge in [0.2, 0.25) is 0 Å². The van der Waals surface area contributed by atoms with E-state index in [1.807, 2.05) is 55.5 Å². The fraction of sp³-hybridized carbons (Fsp3) is 0.188. The summed E-state index contributed by atoms with van der Waals surface area (Å²) in [6, 6.07) is 15.2. The van der Waals surface area contributed by atoms with Crippen molar-refractivity contribution in [2.24, 2.45) is 0 Å². The van der Waals surface area contributed by atoms with Crippen molar-refractivity contribution in [2.45, 2.75) is 12.8 Å². The molecule has 2 aromatic carbocycles. The Kier molecular flexibility index (Phi) is 4.23. The molecule has 0 bridgehead atoms. The number of halogens is 1. The van der Waals surface area contributed by atoms with Crippen molar-refractivity contribution < 1.29 is 4.79 Å². The average Bonchev–Trinajstić information content (AvgIpc) is 2.46. The monoisotopic (exact) mass is 273 g/mol. The molecule has 98 valence electrons. The summed E-state index contributed by atoms with van der Waals surface area (Å²) in [7, 11) is 1.79. The van der Waals surface area contributed by atoms with Crippen molar-refractivity contribution in [2.75, 3.05) is 11.9 Å². The molecule has 2 aromatic rings. The van der Waals surface area contributed by atoms with E-state index in [0.29, 0.717) is 11.4 Å². The number of hydrogen-bond acceptors (Lipinski definition) is 1. The first-order valence-corrected chi connectivity index (χ1v) is 6.65. The molecule has 2 rings (SSSR count). The SMILES string of the molecule is Cc1ccccc1N(C)C(=O)c1ccc(CCl)cc1. The summed E-state index contributed by atoms with van der Waals surface area (Å²) in [4.78, 5) is 14.1. The Morgan fingerprint density at radius 1 is 1.11 bits per heavy atom. The summed E-state index contributed by atoms with van der Waals surface area (Å²) >= 11 is 5.74. The van der Waals surface area contributed by atoms with Crippen LogP contribution in [0.2, 0.25) is 0 Å². The fourth-order valence-electron chi connectivity index (χ4n) is 1.98. The highest BCUT2D eigenvalue weighted by atomic mass is 35.5. The molecule has 0 atom stereocenters. The number of hydrogen-bond donors (Lipinski definition) is 0. The first kappa shape index (κ1) is 13.6. The summed E-state index contributed by atoms with van der Waals surface area (Å²) in [5.74, 6) is 0.442. The standard InChI is InChI=1S/C16H16ClNO/c1-12-5-3-4-6-15(12)18(2)16(19)14-9-7-13(11-17)8-10-14/h3-10H,11H2,1-2H3. The van der Waals surface area contributed by atoms with Gasteiger partial charge in [0.15, 0.2) is 0 Å². The van der Waals surface area contributed by atoms with Gasteiger partial charge < -0.3 is 4.90 Å². The molecule has 0 spiro atoms. The zero-order valence-electron chi connectivity index (χ0n) is 11.1. The number of nitrogens with zero attached hydrogens (tertiary/aromatic N) is 1. The van der Waals surface area contributed by atoms with Crippen LogP contribution in [0.1, 0.15) is 21.5 Å². The second-order valence-electron chi connectivity index (χ2n) is 4.48. The van der Waals surface area contributed by atoms with Gasteiger partial charge in [0.05, 0.1) is 0 Å². The van der Waals surface area contributed by atoms with Crippen LogP contribution in [0.15, 0.2) is 48.5 Å². The maximum Gasteiger partial charge on any atom is 0.258 e. The van der Waals surface area contributed by atoms with Crippen molar-refractivity contribution in [3.05, 3.63) is 65.2 Å². The van der Waals surface area contributed by atoms with E-state index >= 15 is 0 Å². The smallest absolute Gasteiger partial charge is 0.258 e. The number of rotatable bonds is 3. The molecule has 0 fully saturated rings. The number of anilines is 1. The third kappa shape index (κ3) is 2.96. The predicted molar refractivity (Wildman–Crippen MR) is 79.9 cm³/mol. The van der Waals surface area contributed by atoms with Gasteiger partial charge in [0.1, 0.15) is 0 Å². The lowest BCUT2D eigenvalue weighted by Gasteiger charge is -2.19. The maximum absolute atomic E-state index is 12.4. The Hall–Kier alpha value is -1.80. The largest absolute Gasteiger partial charge is 0.311 e. The van der Waals surface area contributed by atoms with Crippen molar-refractivity contribution in [3.63, 3.8) is 0 Å². The maximum atomic E-state index is 12.4. The molecule has 0 saturated heterocycles. The number of amides is 1. The number of benzene rings is 2. The van der Waals surface area contributed by atoms with Gasteiger partial charge in [-0.25, -0.2) is 0 Å². The fourth-order valence-corrected chi connectivity index (χ4v) is 2.16. The average molecular weight is 274 g/mol. The van der Waals surface area contributed by atoms with Crippen LogP contribution in [-0.2, 0) is 5.88 Å². The van der Waals surface area contributed by atoms with E-state index in [9.17, 15) is 4.79 Å². The van der Waals surface area contributed by atoms with Crippen LogP contribution < -0.4 is 4.90 Å². The normalized spacial score (nSPS) is 10.3. The number of alkyl halides is 1. The van der Waals surface area contributed by atoms with Crippen LogP contribution in [0.25, 0.3) is 0 Å². The van der Waals surface area contributed by atoms with Gasteiger partial charge >= 0.3 is 0 Å². The Bertz CT molecular complexity index is 578. The summed E-state index contributed by atoms with van der Waals surface area (Å²) in [6.45, 7) is 2.00.